The molecule has 1 unspecified atom stereocenters. The molecule has 3 heterocycles. The number of likely N-dealkylation sites (tertiary alicyclic amines) is 1. The van der Waals surface area contributed by atoms with Gasteiger partial charge in [-0.1, -0.05) is 0 Å². The third-order valence-corrected chi connectivity index (χ3v) is 4.89. The van der Waals surface area contributed by atoms with Crippen LogP contribution < -0.4 is 5.32 Å². The average molecular weight is 333 g/mol. The SMILES string of the molecule is CNC(=O)C1CCCN(C(=O)c2csc(-c3cnn(C)c3)n2)C1. The maximum absolute atomic E-state index is 12.6. The van der Waals surface area contributed by atoms with Gasteiger partial charge in [-0.3, -0.25) is 14.3 Å². The molecule has 0 aromatic carbocycles. The number of nitrogens with one attached hydrogen (secondary N) is 1. The molecule has 2 amide bonds. The Morgan fingerprint density at radius 1 is 1.43 bits per heavy atom. The standard InChI is InChI=1S/C15H19N5O2S/c1-16-13(21)10-4-3-5-20(8-10)15(22)12-9-23-14(18-12)11-6-17-19(2)7-11/h6-7,9-10H,3-5,8H2,1-2H3,(H,16,21). The van der Waals surface area contributed by atoms with E-state index in [2.05, 4.69) is 15.4 Å². The first-order valence-electron chi connectivity index (χ1n) is 7.54. The number of rotatable bonds is 3. The molecule has 7 nitrogen and oxygen atoms in total. The number of nitrogens with zero attached hydrogens (tertiary/aromatic N) is 4. The smallest absolute Gasteiger partial charge is 0.273 e. The van der Waals surface area contributed by atoms with Crippen LogP contribution >= 0.6 is 11.3 Å². The third kappa shape index (κ3) is 3.26. The van der Waals surface area contributed by atoms with Crippen LogP contribution in [0.3, 0.4) is 0 Å². The summed E-state index contributed by atoms with van der Waals surface area (Å²) >= 11 is 1.43. The first kappa shape index (κ1) is 15.7. The quantitative estimate of drug-likeness (QED) is 0.913. The molecule has 2 aromatic rings. The highest BCUT2D eigenvalue weighted by molar-refractivity contribution is 7.13. The van der Waals surface area contributed by atoms with Crippen molar-refractivity contribution >= 4 is 23.2 Å². The average Bonchev–Trinajstić information content (AvgIpc) is 3.22. The minimum absolute atomic E-state index is 0.00294. The molecule has 1 fully saturated rings. The summed E-state index contributed by atoms with van der Waals surface area (Å²) < 4.78 is 1.71. The molecule has 0 bridgehead atoms. The molecule has 2 aromatic heterocycles. The molecule has 0 saturated carbocycles. The van der Waals surface area contributed by atoms with Crippen LogP contribution in [0.15, 0.2) is 17.8 Å². The van der Waals surface area contributed by atoms with Crippen molar-refractivity contribution in [2.24, 2.45) is 13.0 Å². The van der Waals surface area contributed by atoms with E-state index >= 15 is 0 Å². The zero-order valence-electron chi connectivity index (χ0n) is 13.2. The van der Waals surface area contributed by atoms with Crippen LogP contribution in [0.2, 0.25) is 0 Å². The summed E-state index contributed by atoms with van der Waals surface area (Å²) in [6.45, 7) is 1.13. The lowest BCUT2D eigenvalue weighted by Gasteiger charge is -2.31. The normalized spacial score (nSPS) is 18.0. The molecule has 1 saturated heterocycles. The lowest BCUT2D eigenvalue weighted by molar-refractivity contribution is -0.125. The predicted octanol–water partition coefficient (Wildman–Crippen LogP) is 1.14. The first-order chi connectivity index (χ1) is 11.1. The van der Waals surface area contributed by atoms with E-state index in [0.717, 1.165) is 23.4 Å². The van der Waals surface area contributed by atoms with Crippen molar-refractivity contribution in [3.63, 3.8) is 0 Å². The predicted molar refractivity (Wildman–Crippen MR) is 87.0 cm³/mol. The summed E-state index contributed by atoms with van der Waals surface area (Å²) in [5.74, 6) is -0.240. The number of aryl methyl sites for hydroxylation is 1. The maximum atomic E-state index is 12.6. The van der Waals surface area contributed by atoms with Gasteiger partial charge in [-0.05, 0) is 12.8 Å². The topological polar surface area (TPSA) is 80.1 Å². The van der Waals surface area contributed by atoms with Gasteiger partial charge in [0.15, 0.2) is 0 Å². The molecule has 122 valence electrons. The summed E-state index contributed by atoms with van der Waals surface area (Å²) in [6, 6.07) is 0. The van der Waals surface area contributed by atoms with Crippen LogP contribution in [0.5, 0.6) is 0 Å². The van der Waals surface area contributed by atoms with Crippen LogP contribution in [-0.2, 0) is 11.8 Å². The molecule has 3 rings (SSSR count). The highest BCUT2D eigenvalue weighted by Crippen LogP contribution is 2.25. The minimum Gasteiger partial charge on any atom is -0.359 e. The number of amides is 2. The van der Waals surface area contributed by atoms with Gasteiger partial charge in [0, 0.05) is 44.3 Å². The second kappa shape index (κ2) is 6.49. The van der Waals surface area contributed by atoms with E-state index in [4.69, 9.17) is 0 Å². The fraction of sp³-hybridized carbons (Fsp3) is 0.467. The van der Waals surface area contributed by atoms with Gasteiger partial charge in [-0.25, -0.2) is 4.98 Å². The molecule has 1 N–H and O–H groups in total. The van der Waals surface area contributed by atoms with Crippen molar-refractivity contribution in [2.75, 3.05) is 20.1 Å². The Bertz CT molecular complexity index is 723. The van der Waals surface area contributed by atoms with E-state index in [9.17, 15) is 9.59 Å². The van der Waals surface area contributed by atoms with Crippen LogP contribution in [-0.4, -0.2) is 51.6 Å². The van der Waals surface area contributed by atoms with E-state index in [1.807, 2.05) is 13.2 Å². The van der Waals surface area contributed by atoms with Crippen LogP contribution in [0.25, 0.3) is 10.6 Å². The third-order valence-electron chi connectivity index (χ3n) is 4.00. The van der Waals surface area contributed by atoms with Gasteiger partial charge < -0.3 is 10.2 Å². The van der Waals surface area contributed by atoms with Gasteiger partial charge in [0.25, 0.3) is 5.91 Å². The fourth-order valence-corrected chi connectivity index (χ4v) is 3.55. The molecular weight excluding hydrogens is 314 g/mol. The number of hydrogen-bond acceptors (Lipinski definition) is 5. The molecular formula is C15H19N5O2S. The van der Waals surface area contributed by atoms with Crippen molar-refractivity contribution in [2.45, 2.75) is 12.8 Å². The molecule has 23 heavy (non-hydrogen) atoms. The Morgan fingerprint density at radius 3 is 2.96 bits per heavy atom. The van der Waals surface area contributed by atoms with Gasteiger partial charge in [0.05, 0.1) is 12.1 Å². The van der Waals surface area contributed by atoms with Gasteiger partial charge in [0.2, 0.25) is 5.91 Å². The van der Waals surface area contributed by atoms with Gasteiger partial charge in [0.1, 0.15) is 10.7 Å². The zero-order valence-corrected chi connectivity index (χ0v) is 14.0. The van der Waals surface area contributed by atoms with Crippen molar-refractivity contribution in [1.82, 2.24) is 25.0 Å². The molecule has 8 heteroatoms. The highest BCUT2D eigenvalue weighted by atomic mass is 32.1. The molecule has 1 aliphatic heterocycles. The lowest BCUT2D eigenvalue weighted by atomic mass is 9.97. The van der Waals surface area contributed by atoms with Gasteiger partial charge in [-0.15, -0.1) is 11.3 Å². The summed E-state index contributed by atoms with van der Waals surface area (Å²) in [6.07, 6.45) is 5.26. The lowest BCUT2D eigenvalue weighted by Crippen LogP contribution is -2.44. The number of carbonyl (C=O) groups excluding carboxylic acids is 2. The summed E-state index contributed by atoms with van der Waals surface area (Å²) in [7, 11) is 3.47. The number of aromatic nitrogens is 3. The second-order valence-corrected chi connectivity index (χ2v) is 6.50. The Balaban J connectivity index is 1.73. The molecule has 0 aliphatic carbocycles. The number of thiazole rings is 1. The van der Waals surface area contributed by atoms with Crippen LogP contribution in [0.1, 0.15) is 23.3 Å². The highest BCUT2D eigenvalue weighted by Gasteiger charge is 2.29. The monoisotopic (exact) mass is 333 g/mol. The Hall–Kier alpha value is -2.22. The van der Waals surface area contributed by atoms with Gasteiger partial charge in [-0.2, -0.15) is 5.10 Å². The Morgan fingerprint density at radius 2 is 2.26 bits per heavy atom. The van der Waals surface area contributed by atoms with Crippen LogP contribution in [0, 0.1) is 5.92 Å². The summed E-state index contributed by atoms with van der Waals surface area (Å²) in [5, 5.41) is 9.33. The van der Waals surface area contributed by atoms with Crippen molar-refractivity contribution in [3.05, 3.63) is 23.5 Å². The number of hydrogen-bond donors (Lipinski definition) is 1. The van der Waals surface area contributed by atoms with E-state index < -0.39 is 0 Å². The van der Waals surface area contributed by atoms with E-state index in [-0.39, 0.29) is 17.7 Å². The molecule has 0 spiro atoms. The number of carbonyl (C=O) groups is 2. The van der Waals surface area contributed by atoms with E-state index in [1.54, 1.807) is 28.2 Å². The maximum Gasteiger partial charge on any atom is 0.273 e. The van der Waals surface area contributed by atoms with Gasteiger partial charge >= 0.3 is 0 Å². The molecule has 0 radical (unpaired) electrons. The van der Waals surface area contributed by atoms with Crippen molar-refractivity contribution in [1.29, 1.82) is 0 Å². The largest absolute Gasteiger partial charge is 0.359 e. The summed E-state index contributed by atoms with van der Waals surface area (Å²) in [4.78, 5) is 30.6. The molecule has 1 atom stereocenters. The summed E-state index contributed by atoms with van der Waals surface area (Å²) in [5.41, 5.74) is 1.34. The first-order valence-corrected chi connectivity index (χ1v) is 8.42. The zero-order chi connectivity index (χ0) is 16.4. The Labute approximate surface area is 138 Å². The van der Waals surface area contributed by atoms with Crippen molar-refractivity contribution < 1.29 is 9.59 Å². The van der Waals surface area contributed by atoms with Crippen molar-refractivity contribution in [3.8, 4) is 10.6 Å². The molecule has 1 aliphatic rings. The Kier molecular flexibility index (Phi) is 4.42. The minimum atomic E-state index is -0.130. The van der Waals surface area contributed by atoms with E-state index in [0.29, 0.717) is 18.8 Å². The second-order valence-electron chi connectivity index (χ2n) is 5.65. The number of piperidine rings is 1. The fourth-order valence-electron chi connectivity index (χ4n) is 2.78. The van der Waals surface area contributed by atoms with Crippen LogP contribution in [0.4, 0.5) is 0 Å². The van der Waals surface area contributed by atoms with E-state index in [1.165, 1.54) is 11.3 Å².